The molecule has 9 heteroatoms. The zero-order valence-electron chi connectivity index (χ0n) is 29.0. The summed E-state index contributed by atoms with van der Waals surface area (Å²) in [5, 5.41) is 17.9. The topological polar surface area (TPSA) is 102 Å². The second-order valence-corrected chi connectivity index (χ2v) is 15.5. The molecule has 0 radical (unpaired) electrons. The SMILES string of the molecule is CNC[C@@H]1CCOc2cc3c(cc2O1)C1(CCC(Nc2cccc(Cl)c2)(C(=O)O)CC1)[C@@H](C[C@@H](C)COc1ccnc2c1[C@H](C)CCC2)C3. The zero-order chi connectivity index (χ0) is 34.2. The monoisotopic (exact) mass is 687 g/mol. The van der Waals surface area contributed by atoms with Crippen LogP contribution in [0.5, 0.6) is 17.2 Å². The third-order valence-corrected chi connectivity index (χ3v) is 12.0. The van der Waals surface area contributed by atoms with Gasteiger partial charge in [0.25, 0.3) is 0 Å². The van der Waals surface area contributed by atoms with Crippen molar-refractivity contribution < 1.29 is 24.1 Å². The molecule has 1 spiro atoms. The number of aromatic nitrogens is 1. The number of ether oxygens (including phenoxy) is 3. The molecule has 2 aromatic carbocycles. The highest BCUT2D eigenvalue weighted by molar-refractivity contribution is 6.30. The van der Waals surface area contributed by atoms with Crippen molar-refractivity contribution in [2.24, 2.45) is 11.8 Å². The molecule has 4 atom stereocenters. The van der Waals surface area contributed by atoms with Gasteiger partial charge in [0.05, 0.1) is 13.2 Å². The molecule has 1 aromatic heterocycles. The second kappa shape index (κ2) is 14.0. The summed E-state index contributed by atoms with van der Waals surface area (Å²) >= 11 is 6.29. The van der Waals surface area contributed by atoms with E-state index in [1.54, 1.807) is 12.1 Å². The van der Waals surface area contributed by atoms with Crippen molar-refractivity contribution in [1.29, 1.82) is 0 Å². The van der Waals surface area contributed by atoms with Crippen LogP contribution < -0.4 is 24.8 Å². The quantitative estimate of drug-likeness (QED) is 0.197. The number of fused-ring (bicyclic) bond motifs is 4. The van der Waals surface area contributed by atoms with Crippen LogP contribution in [0.1, 0.15) is 93.5 Å². The fourth-order valence-corrected chi connectivity index (χ4v) is 9.42. The maximum atomic E-state index is 13.0. The first-order chi connectivity index (χ1) is 23.7. The van der Waals surface area contributed by atoms with Crippen LogP contribution in [-0.4, -0.2) is 54.5 Å². The molecule has 7 rings (SSSR count). The second-order valence-electron chi connectivity index (χ2n) is 15.1. The fourth-order valence-electron chi connectivity index (χ4n) is 9.23. The molecule has 1 saturated carbocycles. The van der Waals surface area contributed by atoms with E-state index in [9.17, 15) is 9.90 Å². The minimum Gasteiger partial charge on any atom is -0.493 e. The minimum atomic E-state index is -1.07. The number of aliphatic carboxylic acids is 1. The largest absolute Gasteiger partial charge is 0.493 e. The van der Waals surface area contributed by atoms with E-state index in [1.165, 1.54) is 35.2 Å². The molecule has 1 aliphatic heterocycles. The van der Waals surface area contributed by atoms with Crippen LogP contribution in [0.25, 0.3) is 0 Å². The molecule has 1 fully saturated rings. The predicted octanol–water partition coefficient (Wildman–Crippen LogP) is 7.95. The minimum absolute atomic E-state index is 0.0317. The highest BCUT2D eigenvalue weighted by atomic mass is 35.5. The summed E-state index contributed by atoms with van der Waals surface area (Å²) in [6.07, 6.45) is 10.6. The summed E-state index contributed by atoms with van der Waals surface area (Å²) in [6.45, 7) is 6.58. The average molecular weight is 688 g/mol. The fraction of sp³-hybridized carbons (Fsp3) is 0.550. The molecule has 0 saturated heterocycles. The Bertz CT molecular complexity index is 1670. The van der Waals surface area contributed by atoms with E-state index in [2.05, 4.69) is 41.6 Å². The van der Waals surface area contributed by atoms with Gasteiger partial charge in [0.15, 0.2) is 11.5 Å². The van der Waals surface area contributed by atoms with Crippen molar-refractivity contribution in [3.8, 4) is 17.2 Å². The Morgan fingerprint density at radius 2 is 1.98 bits per heavy atom. The number of nitrogens with one attached hydrogen (secondary N) is 2. The Balaban J connectivity index is 1.16. The number of halogens is 1. The number of hydrogen-bond donors (Lipinski definition) is 3. The van der Waals surface area contributed by atoms with E-state index >= 15 is 0 Å². The van der Waals surface area contributed by atoms with Gasteiger partial charge in [-0.3, -0.25) is 4.98 Å². The van der Waals surface area contributed by atoms with Crippen LogP contribution in [-0.2, 0) is 23.1 Å². The molecule has 8 nitrogen and oxygen atoms in total. The van der Waals surface area contributed by atoms with Gasteiger partial charge in [0.1, 0.15) is 17.4 Å². The maximum absolute atomic E-state index is 13.0. The number of carbonyl (C=O) groups is 1. The van der Waals surface area contributed by atoms with Gasteiger partial charge in [0.2, 0.25) is 0 Å². The molecule has 49 heavy (non-hydrogen) atoms. The lowest BCUT2D eigenvalue weighted by Gasteiger charge is -2.47. The van der Waals surface area contributed by atoms with Crippen LogP contribution in [0.2, 0.25) is 5.02 Å². The van der Waals surface area contributed by atoms with E-state index < -0.39 is 11.5 Å². The van der Waals surface area contributed by atoms with Crippen molar-refractivity contribution in [1.82, 2.24) is 10.3 Å². The summed E-state index contributed by atoms with van der Waals surface area (Å²) in [6, 6.07) is 13.8. The zero-order valence-corrected chi connectivity index (χ0v) is 29.8. The first-order valence-corrected chi connectivity index (χ1v) is 18.6. The smallest absolute Gasteiger partial charge is 0.329 e. The average Bonchev–Trinajstić information content (AvgIpc) is 3.20. The number of likely N-dealkylation sites (N-methyl/N-ethyl adjacent to an activating group) is 1. The van der Waals surface area contributed by atoms with Gasteiger partial charge >= 0.3 is 5.97 Å². The van der Waals surface area contributed by atoms with Gasteiger partial charge in [-0.25, -0.2) is 4.79 Å². The van der Waals surface area contributed by atoms with Crippen molar-refractivity contribution in [2.45, 2.75) is 101 Å². The standard InChI is InChI=1S/C40H50ClN3O5/c1-25(24-48-34-10-16-43-33-9-4-6-26(2)37(33)34)18-28-19-27-20-35-36(49-31(23-42-3)11-17-47-35)22-32(27)39(28)12-14-40(15-13-39,38(45)46)44-30-8-5-7-29(41)21-30/h5,7-8,10,16,20-22,25-26,28,31,42,44H,4,6,9,11-15,17-19,23-24H2,1-3H3,(H,45,46)/t25-,26-,28+,31+,39?,40?/m1/s1. The van der Waals surface area contributed by atoms with Gasteiger partial charge in [0, 0.05) is 41.1 Å². The summed E-state index contributed by atoms with van der Waals surface area (Å²) in [5.41, 5.74) is 4.56. The highest BCUT2D eigenvalue weighted by Gasteiger charge is 2.54. The number of pyridine rings is 1. The van der Waals surface area contributed by atoms with E-state index in [1.807, 2.05) is 31.4 Å². The Labute approximate surface area is 295 Å². The van der Waals surface area contributed by atoms with Crippen molar-refractivity contribution in [3.05, 3.63) is 76.1 Å². The maximum Gasteiger partial charge on any atom is 0.329 e. The number of hydrogen-bond acceptors (Lipinski definition) is 7. The lowest BCUT2D eigenvalue weighted by Crippen LogP contribution is -2.53. The van der Waals surface area contributed by atoms with Crippen molar-refractivity contribution in [3.63, 3.8) is 0 Å². The van der Waals surface area contributed by atoms with Gasteiger partial charge in [-0.15, -0.1) is 0 Å². The summed E-state index contributed by atoms with van der Waals surface area (Å²) in [5.74, 6) is 2.89. The molecule has 3 aromatic rings. The molecule has 3 N–H and O–H groups in total. The van der Waals surface area contributed by atoms with E-state index in [4.69, 9.17) is 25.8 Å². The number of anilines is 1. The molecule has 4 aliphatic rings. The normalized spacial score (nSPS) is 27.9. The van der Waals surface area contributed by atoms with Gasteiger partial charge < -0.3 is 30.0 Å². The van der Waals surface area contributed by atoms with Crippen LogP contribution >= 0.6 is 11.6 Å². The Morgan fingerprint density at radius 1 is 1.14 bits per heavy atom. The lowest BCUT2D eigenvalue weighted by atomic mass is 9.59. The molecule has 262 valence electrons. The molecule has 0 bridgehead atoms. The summed E-state index contributed by atoms with van der Waals surface area (Å²) in [7, 11) is 1.95. The highest BCUT2D eigenvalue weighted by Crippen LogP contribution is 2.58. The van der Waals surface area contributed by atoms with Gasteiger partial charge in [-0.1, -0.05) is 31.5 Å². The molecule has 2 heterocycles. The van der Waals surface area contributed by atoms with Crippen molar-refractivity contribution >= 4 is 23.3 Å². The van der Waals surface area contributed by atoms with E-state index in [0.29, 0.717) is 48.8 Å². The number of aryl methyl sites for hydroxylation is 1. The predicted molar refractivity (Wildman–Crippen MR) is 193 cm³/mol. The van der Waals surface area contributed by atoms with Crippen molar-refractivity contribution in [2.75, 3.05) is 32.1 Å². The van der Waals surface area contributed by atoms with Gasteiger partial charge in [-0.2, -0.15) is 0 Å². The number of benzene rings is 2. The Morgan fingerprint density at radius 3 is 2.76 bits per heavy atom. The number of nitrogens with zero attached hydrogens (tertiary/aromatic N) is 1. The van der Waals surface area contributed by atoms with Crippen LogP contribution in [0.3, 0.4) is 0 Å². The molecule has 0 unspecified atom stereocenters. The molecular formula is C40H50ClN3O5. The molecule has 3 aliphatic carbocycles. The van der Waals surface area contributed by atoms with Crippen LogP contribution in [0.15, 0.2) is 48.7 Å². The first kappa shape index (κ1) is 34.0. The van der Waals surface area contributed by atoms with Crippen LogP contribution in [0, 0.1) is 11.8 Å². The molecule has 0 amide bonds. The number of rotatable bonds is 10. The lowest BCUT2D eigenvalue weighted by molar-refractivity contribution is -0.144. The van der Waals surface area contributed by atoms with Gasteiger partial charge in [-0.05, 0) is 136 Å². The number of carboxylic acid groups (broad SMARTS) is 1. The first-order valence-electron chi connectivity index (χ1n) is 18.2. The molecular weight excluding hydrogens is 638 g/mol. The van der Waals surface area contributed by atoms with E-state index in [-0.39, 0.29) is 11.5 Å². The number of carboxylic acids is 1. The summed E-state index contributed by atoms with van der Waals surface area (Å²) in [4.78, 5) is 17.7. The third-order valence-electron chi connectivity index (χ3n) is 11.8. The third kappa shape index (κ3) is 6.71. The Hall–Kier alpha value is -3.49. The Kier molecular flexibility index (Phi) is 9.73. The summed E-state index contributed by atoms with van der Waals surface area (Å²) < 4.78 is 19.4. The van der Waals surface area contributed by atoms with E-state index in [0.717, 1.165) is 68.0 Å². The van der Waals surface area contributed by atoms with Crippen LogP contribution in [0.4, 0.5) is 5.69 Å².